The number of hydrogen-bond donors (Lipinski definition) is 4. The maximum atomic E-state index is 6.26. The molecule has 168 valence electrons. The zero-order valence-corrected chi connectivity index (χ0v) is 19.0. The number of aryl methyl sites for hydroxylation is 1. The van der Waals surface area contributed by atoms with E-state index in [1.54, 1.807) is 0 Å². The van der Waals surface area contributed by atoms with Crippen LogP contribution < -0.4 is 11.1 Å². The van der Waals surface area contributed by atoms with E-state index in [4.69, 9.17) is 5.73 Å². The van der Waals surface area contributed by atoms with Crippen LogP contribution in [0.2, 0.25) is 0 Å². The third kappa shape index (κ3) is 4.70. The van der Waals surface area contributed by atoms with Crippen molar-refractivity contribution in [3.63, 3.8) is 0 Å². The van der Waals surface area contributed by atoms with E-state index < -0.39 is 0 Å². The van der Waals surface area contributed by atoms with Crippen molar-refractivity contribution < 1.29 is 0 Å². The van der Waals surface area contributed by atoms with Gasteiger partial charge in [-0.05, 0) is 71.7 Å². The molecule has 6 heteroatoms. The Labute approximate surface area is 193 Å². The molecule has 0 radical (unpaired) electrons. The molecule has 0 aliphatic carbocycles. The molecular formula is C27H30N6. The van der Waals surface area contributed by atoms with Crippen molar-refractivity contribution in [2.75, 3.05) is 17.6 Å². The summed E-state index contributed by atoms with van der Waals surface area (Å²) < 4.78 is 0. The fraction of sp³-hybridized carbons (Fsp3) is 0.259. The zero-order valence-electron chi connectivity index (χ0n) is 19.0. The van der Waals surface area contributed by atoms with Crippen molar-refractivity contribution in [3.05, 3.63) is 83.3 Å². The molecule has 3 aromatic heterocycles. The summed E-state index contributed by atoms with van der Waals surface area (Å²) in [6, 6.07) is 15.2. The van der Waals surface area contributed by atoms with Gasteiger partial charge in [-0.3, -0.25) is 0 Å². The number of nitrogens with zero attached hydrogens (tertiary/aromatic N) is 2. The van der Waals surface area contributed by atoms with Crippen molar-refractivity contribution in [1.29, 1.82) is 0 Å². The highest BCUT2D eigenvalue weighted by Crippen LogP contribution is 2.22. The lowest BCUT2D eigenvalue weighted by Crippen LogP contribution is -2.10. The van der Waals surface area contributed by atoms with Crippen molar-refractivity contribution in [2.24, 2.45) is 0 Å². The molecule has 2 aromatic carbocycles. The van der Waals surface area contributed by atoms with Crippen LogP contribution in [0.3, 0.4) is 0 Å². The van der Waals surface area contributed by atoms with Crippen molar-refractivity contribution >= 4 is 33.6 Å². The quantitative estimate of drug-likeness (QED) is 0.241. The Kier molecular flexibility index (Phi) is 5.98. The van der Waals surface area contributed by atoms with Crippen LogP contribution in [0.15, 0.2) is 61.1 Å². The minimum Gasteiger partial charge on any atom is -0.383 e. The first-order valence-electron chi connectivity index (χ1n) is 11.7. The van der Waals surface area contributed by atoms with Crippen molar-refractivity contribution in [3.8, 4) is 0 Å². The molecule has 3 heterocycles. The van der Waals surface area contributed by atoms with E-state index >= 15 is 0 Å². The number of hydrogen-bond acceptors (Lipinski definition) is 4. The molecule has 0 fully saturated rings. The number of nitrogens with one attached hydrogen (secondary N) is 3. The molecule has 0 unspecified atom stereocenters. The summed E-state index contributed by atoms with van der Waals surface area (Å²) in [7, 11) is 0. The Hall–Kier alpha value is -3.80. The molecular weight excluding hydrogens is 408 g/mol. The summed E-state index contributed by atoms with van der Waals surface area (Å²) >= 11 is 0. The number of rotatable bonds is 9. The number of anilines is 2. The van der Waals surface area contributed by atoms with E-state index in [1.807, 2.05) is 12.4 Å². The van der Waals surface area contributed by atoms with E-state index in [2.05, 4.69) is 80.8 Å². The van der Waals surface area contributed by atoms with Gasteiger partial charge in [-0.2, -0.15) is 4.98 Å². The van der Waals surface area contributed by atoms with Gasteiger partial charge in [0, 0.05) is 53.5 Å². The first kappa shape index (κ1) is 21.1. The molecule has 0 spiro atoms. The Morgan fingerprint density at radius 3 is 2.70 bits per heavy atom. The Bertz CT molecular complexity index is 1380. The molecule has 0 aliphatic heterocycles. The van der Waals surface area contributed by atoms with Gasteiger partial charge in [0.25, 0.3) is 0 Å². The standard InChI is InChI=1S/C27H30N6/c1-2-3-4-18-5-8-25-23(15-18)21(16-31-25)10-12-30-27-32-17-22(26(28)33-27)14-19-6-7-24-20(13-19)9-11-29-24/h5-9,11,13,15-17,29,31H,2-4,10,12,14H2,1H3,(H3,28,30,32,33). The van der Waals surface area contributed by atoms with E-state index in [0.717, 1.165) is 30.5 Å². The van der Waals surface area contributed by atoms with Crippen LogP contribution in [0.5, 0.6) is 0 Å². The maximum Gasteiger partial charge on any atom is 0.224 e. The smallest absolute Gasteiger partial charge is 0.224 e. The highest BCUT2D eigenvalue weighted by atomic mass is 15.1. The van der Waals surface area contributed by atoms with Crippen molar-refractivity contribution in [2.45, 2.75) is 39.0 Å². The van der Waals surface area contributed by atoms with Crippen LogP contribution in [0.4, 0.5) is 11.8 Å². The van der Waals surface area contributed by atoms with Crippen LogP contribution >= 0.6 is 0 Å². The van der Waals surface area contributed by atoms with E-state index in [9.17, 15) is 0 Å². The van der Waals surface area contributed by atoms with E-state index in [1.165, 1.54) is 45.8 Å². The van der Waals surface area contributed by atoms with E-state index in [-0.39, 0.29) is 0 Å². The first-order valence-corrected chi connectivity index (χ1v) is 11.7. The SMILES string of the molecule is CCCCc1ccc2[nH]cc(CCNc3ncc(Cc4ccc5[nH]ccc5c4)c(N)n3)c2c1. The summed E-state index contributed by atoms with van der Waals surface area (Å²) in [6.45, 7) is 2.98. The molecule has 6 nitrogen and oxygen atoms in total. The lowest BCUT2D eigenvalue weighted by Gasteiger charge is -2.09. The number of H-pyrrole nitrogens is 2. The minimum atomic E-state index is 0.523. The zero-order chi connectivity index (χ0) is 22.6. The van der Waals surface area contributed by atoms with Crippen molar-refractivity contribution in [1.82, 2.24) is 19.9 Å². The molecule has 0 saturated carbocycles. The van der Waals surface area contributed by atoms with Gasteiger partial charge in [0.1, 0.15) is 5.82 Å². The van der Waals surface area contributed by atoms with Gasteiger partial charge >= 0.3 is 0 Å². The van der Waals surface area contributed by atoms with Gasteiger partial charge in [-0.15, -0.1) is 0 Å². The molecule has 0 bridgehead atoms. The predicted octanol–water partition coefficient (Wildman–Crippen LogP) is 5.61. The number of aromatic amines is 2. The normalized spacial score (nSPS) is 11.4. The van der Waals surface area contributed by atoms with Crippen LogP contribution in [0, 0.1) is 0 Å². The van der Waals surface area contributed by atoms with Gasteiger partial charge in [0.15, 0.2) is 0 Å². The van der Waals surface area contributed by atoms with E-state index in [0.29, 0.717) is 18.2 Å². The Morgan fingerprint density at radius 2 is 1.82 bits per heavy atom. The highest BCUT2D eigenvalue weighted by Gasteiger charge is 2.08. The first-order chi connectivity index (χ1) is 16.2. The summed E-state index contributed by atoms with van der Waals surface area (Å²) in [5, 5.41) is 5.83. The van der Waals surface area contributed by atoms with Crippen LogP contribution in [-0.2, 0) is 19.3 Å². The molecule has 0 amide bonds. The molecule has 33 heavy (non-hydrogen) atoms. The molecule has 5 aromatic rings. The third-order valence-corrected chi connectivity index (χ3v) is 6.24. The van der Waals surface area contributed by atoms with Crippen LogP contribution in [-0.4, -0.2) is 26.5 Å². The Balaban J connectivity index is 1.22. The Morgan fingerprint density at radius 1 is 0.939 bits per heavy atom. The lowest BCUT2D eigenvalue weighted by molar-refractivity contribution is 0.796. The average Bonchev–Trinajstić information content (AvgIpc) is 3.46. The minimum absolute atomic E-state index is 0.523. The summed E-state index contributed by atoms with van der Waals surface area (Å²) in [4.78, 5) is 15.6. The van der Waals surface area contributed by atoms with Gasteiger partial charge < -0.3 is 21.0 Å². The van der Waals surface area contributed by atoms with Crippen LogP contribution in [0.1, 0.15) is 42.0 Å². The monoisotopic (exact) mass is 438 g/mol. The van der Waals surface area contributed by atoms with Gasteiger partial charge in [-0.1, -0.05) is 25.5 Å². The number of fused-ring (bicyclic) bond motifs is 2. The largest absolute Gasteiger partial charge is 0.383 e. The van der Waals surface area contributed by atoms with Gasteiger partial charge in [0.2, 0.25) is 5.95 Å². The second kappa shape index (κ2) is 9.36. The summed E-state index contributed by atoms with van der Waals surface area (Å²) in [5.74, 6) is 1.09. The second-order valence-electron chi connectivity index (χ2n) is 8.65. The number of nitrogen functional groups attached to an aromatic ring is 1. The number of benzene rings is 2. The fourth-order valence-electron chi connectivity index (χ4n) is 4.35. The number of aromatic nitrogens is 4. The average molecular weight is 439 g/mol. The van der Waals surface area contributed by atoms with Gasteiger partial charge in [0.05, 0.1) is 0 Å². The van der Waals surface area contributed by atoms with Crippen LogP contribution in [0.25, 0.3) is 21.8 Å². The molecule has 0 atom stereocenters. The number of unbranched alkanes of at least 4 members (excludes halogenated alkanes) is 1. The number of nitrogens with two attached hydrogens (primary N) is 1. The molecule has 5 rings (SSSR count). The predicted molar refractivity (Wildman–Crippen MR) is 137 cm³/mol. The third-order valence-electron chi connectivity index (χ3n) is 6.24. The molecule has 0 saturated heterocycles. The molecule has 0 aliphatic rings. The maximum absolute atomic E-state index is 6.26. The topological polar surface area (TPSA) is 95.4 Å². The summed E-state index contributed by atoms with van der Waals surface area (Å²) in [5.41, 5.74) is 13.4. The van der Waals surface area contributed by atoms with Gasteiger partial charge in [-0.25, -0.2) is 4.98 Å². The molecule has 5 N–H and O–H groups in total. The second-order valence-corrected chi connectivity index (χ2v) is 8.65. The lowest BCUT2D eigenvalue weighted by atomic mass is 10.0. The fourth-order valence-corrected chi connectivity index (χ4v) is 4.35. The summed E-state index contributed by atoms with van der Waals surface area (Å²) in [6.07, 6.45) is 11.1. The highest BCUT2D eigenvalue weighted by molar-refractivity contribution is 5.84.